The van der Waals surface area contributed by atoms with Crippen LogP contribution in [0.4, 0.5) is 0 Å². The predicted octanol–water partition coefficient (Wildman–Crippen LogP) is 2.63. The lowest BCUT2D eigenvalue weighted by atomic mass is 10.2. The Labute approximate surface area is 108 Å². The van der Waals surface area contributed by atoms with E-state index < -0.39 is 12.2 Å². The van der Waals surface area contributed by atoms with E-state index in [2.05, 4.69) is 0 Å². The molecule has 5 nitrogen and oxygen atoms in total. The van der Waals surface area contributed by atoms with Crippen LogP contribution in [0.1, 0.15) is 35.2 Å². The molecule has 0 aliphatic rings. The monoisotopic (exact) mass is 260 g/mol. The van der Waals surface area contributed by atoms with Crippen molar-refractivity contribution in [1.82, 2.24) is 0 Å². The Morgan fingerprint density at radius 3 is 1.53 bits per heavy atom. The van der Waals surface area contributed by atoms with Gasteiger partial charge in [0.1, 0.15) is 23.0 Å². The molecule has 0 spiro atoms. The quantitative estimate of drug-likeness (QED) is 0.753. The topological polar surface area (TPSA) is 79.9 Å². The third-order valence-electron chi connectivity index (χ3n) is 2.81. The molecule has 0 aliphatic heterocycles. The van der Waals surface area contributed by atoms with Gasteiger partial charge in [-0.15, -0.1) is 0 Å². The molecule has 0 fully saturated rings. The summed E-state index contributed by atoms with van der Waals surface area (Å²) in [6, 6.07) is 9.84. The molecule has 0 radical (unpaired) electrons. The molecule has 0 aromatic carbocycles. The highest BCUT2D eigenvalue weighted by Crippen LogP contribution is 2.29. The zero-order chi connectivity index (χ0) is 13.2. The van der Waals surface area contributed by atoms with E-state index in [4.69, 9.17) is 13.3 Å². The van der Waals surface area contributed by atoms with Gasteiger partial charge in [-0.05, 0) is 36.4 Å². The molecule has 2 N–H and O–H groups in total. The van der Waals surface area contributed by atoms with Gasteiger partial charge in [-0.3, -0.25) is 0 Å². The smallest absolute Gasteiger partial charge is 0.169 e. The van der Waals surface area contributed by atoms with Crippen LogP contribution in [0.15, 0.2) is 62.2 Å². The van der Waals surface area contributed by atoms with E-state index in [9.17, 15) is 10.2 Å². The molecule has 3 aromatic rings. The van der Waals surface area contributed by atoms with Crippen molar-refractivity contribution in [1.29, 1.82) is 0 Å². The van der Waals surface area contributed by atoms with E-state index in [-0.39, 0.29) is 0 Å². The molecule has 3 aromatic heterocycles. The minimum Gasteiger partial charge on any atom is -0.466 e. The summed E-state index contributed by atoms with van der Waals surface area (Å²) in [6.45, 7) is 0. The summed E-state index contributed by atoms with van der Waals surface area (Å²) in [7, 11) is 0. The molecule has 0 amide bonds. The van der Waals surface area contributed by atoms with E-state index in [1.54, 1.807) is 36.4 Å². The molecule has 19 heavy (non-hydrogen) atoms. The number of aliphatic hydroxyl groups excluding tert-OH is 2. The van der Waals surface area contributed by atoms with Crippen LogP contribution in [-0.4, -0.2) is 10.2 Å². The third-order valence-corrected chi connectivity index (χ3v) is 2.81. The van der Waals surface area contributed by atoms with Gasteiger partial charge in [-0.1, -0.05) is 0 Å². The highest BCUT2D eigenvalue weighted by atomic mass is 16.4. The molecule has 0 aliphatic carbocycles. The second-order valence-corrected chi connectivity index (χ2v) is 4.08. The minimum absolute atomic E-state index is 0.301. The lowest BCUT2D eigenvalue weighted by Gasteiger charge is -2.06. The van der Waals surface area contributed by atoms with Crippen LogP contribution in [-0.2, 0) is 0 Å². The molecule has 0 saturated carbocycles. The first kappa shape index (κ1) is 11.8. The molecule has 0 bridgehead atoms. The number of hydrogen-bond acceptors (Lipinski definition) is 5. The van der Waals surface area contributed by atoms with Crippen LogP contribution in [0.2, 0.25) is 0 Å². The Bertz CT molecular complexity index is 566. The van der Waals surface area contributed by atoms with E-state index in [1.807, 2.05) is 0 Å². The summed E-state index contributed by atoms with van der Waals surface area (Å²) in [4.78, 5) is 0. The lowest BCUT2D eigenvalue weighted by molar-refractivity contribution is 0.135. The molecule has 0 saturated heterocycles. The first-order chi connectivity index (χ1) is 9.25. The van der Waals surface area contributed by atoms with E-state index >= 15 is 0 Å². The molecule has 3 heterocycles. The van der Waals surface area contributed by atoms with Crippen molar-refractivity contribution in [2.24, 2.45) is 0 Å². The number of furan rings is 3. The van der Waals surface area contributed by atoms with Gasteiger partial charge >= 0.3 is 0 Å². The van der Waals surface area contributed by atoms with Gasteiger partial charge in [0.2, 0.25) is 0 Å². The molecule has 2 unspecified atom stereocenters. The molecular weight excluding hydrogens is 248 g/mol. The summed E-state index contributed by atoms with van der Waals surface area (Å²) >= 11 is 0. The van der Waals surface area contributed by atoms with Crippen LogP contribution in [0.3, 0.4) is 0 Å². The molecular formula is C14H12O5. The predicted molar refractivity (Wildman–Crippen MR) is 64.2 cm³/mol. The first-order valence-electron chi connectivity index (χ1n) is 5.78. The molecule has 2 atom stereocenters. The second-order valence-electron chi connectivity index (χ2n) is 4.08. The molecule has 3 rings (SSSR count). The molecule has 98 valence electrons. The van der Waals surface area contributed by atoms with Gasteiger partial charge in [-0.2, -0.15) is 0 Å². The van der Waals surface area contributed by atoms with Crippen molar-refractivity contribution < 1.29 is 23.5 Å². The van der Waals surface area contributed by atoms with Crippen molar-refractivity contribution in [2.45, 2.75) is 12.2 Å². The van der Waals surface area contributed by atoms with Crippen molar-refractivity contribution in [2.75, 3.05) is 0 Å². The summed E-state index contributed by atoms with van der Waals surface area (Å²) in [6.07, 6.45) is 0.959. The largest absolute Gasteiger partial charge is 0.466 e. The van der Waals surface area contributed by atoms with Gasteiger partial charge in [0.05, 0.1) is 12.5 Å². The first-order valence-corrected chi connectivity index (χ1v) is 5.78. The third kappa shape index (κ3) is 2.21. The zero-order valence-corrected chi connectivity index (χ0v) is 9.89. The fraction of sp³-hybridized carbons (Fsp3) is 0.143. The van der Waals surface area contributed by atoms with Gasteiger partial charge in [-0.25, -0.2) is 0 Å². The average Bonchev–Trinajstić information content (AvgIpc) is 3.16. The number of hydrogen-bond donors (Lipinski definition) is 2. The Hall–Kier alpha value is -2.24. The average molecular weight is 260 g/mol. The maximum atomic E-state index is 10.0. The highest BCUT2D eigenvalue weighted by molar-refractivity contribution is 5.21. The van der Waals surface area contributed by atoms with Crippen LogP contribution in [0.25, 0.3) is 0 Å². The fourth-order valence-electron chi connectivity index (χ4n) is 1.84. The maximum absolute atomic E-state index is 10.0. The Morgan fingerprint density at radius 2 is 1.16 bits per heavy atom. The summed E-state index contributed by atoms with van der Waals surface area (Å²) in [5, 5.41) is 20.0. The second kappa shape index (κ2) is 4.79. The van der Waals surface area contributed by atoms with Crippen LogP contribution in [0, 0.1) is 0 Å². The van der Waals surface area contributed by atoms with Crippen LogP contribution < -0.4 is 0 Å². The van der Waals surface area contributed by atoms with Crippen molar-refractivity contribution in [3.8, 4) is 0 Å². The van der Waals surface area contributed by atoms with E-state index in [0.717, 1.165) is 0 Å². The van der Waals surface area contributed by atoms with Gasteiger partial charge in [0.25, 0.3) is 0 Å². The molecule has 5 heteroatoms. The van der Waals surface area contributed by atoms with Crippen molar-refractivity contribution >= 4 is 0 Å². The van der Waals surface area contributed by atoms with E-state index in [0.29, 0.717) is 23.0 Å². The Morgan fingerprint density at radius 1 is 0.684 bits per heavy atom. The van der Waals surface area contributed by atoms with Crippen molar-refractivity contribution in [3.05, 3.63) is 72.0 Å². The zero-order valence-electron chi connectivity index (χ0n) is 9.89. The summed E-state index contributed by atoms with van der Waals surface area (Å²) in [5.74, 6) is 1.37. The van der Waals surface area contributed by atoms with Gasteiger partial charge in [0, 0.05) is 0 Å². The SMILES string of the molecule is OC(c1ccco1)c1ccc(C(O)c2ccco2)o1. The van der Waals surface area contributed by atoms with Crippen LogP contribution >= 0.6 is 0 Å². The summed E-state index contributed by atoms with van der Waals surface area (Å²) < 4.78 is 15.6. The van der Waals surface area contributed by atoms with Crippen molar-refractivity contribution in [3.63, 3.8) is 0 Å². The van der Waals surface area contributed by atoms with Gasteiger partial charge < -0.3 is 23.5 Å². The summed E-state index contributed by atoms with van der Waals surface area (Å²) in [5.41, 5.74) is 0. The Kier molecular flexibility index (Phi) is 2.98. The number of rotatable bonds is 4. The highest BCUT2D eigenvalue weighted by Gasteiger charge is 2.21. The van der Waals surface area contributed by atoms with Gasteiger partial charge in [0.15, 0.2) is 12.2 Å². The number of aliphatic hydroxyl groups is 2. The maximum Gasteiger partial charge on any atom is 0.169 e. The van der Waals surface area contributed by atoms with Crippen LogP contribution in [0.5, 0.6) is 0 Å². The standard InChI is InChI=1S/C14H12O5/c15-13(9-3-1-7-17-9)11-5-6-12(19-11)14(16)10-4-2-8-18-10/h1-8,13-16H. The lowest BCUT2D eigenvalue weighted by Crippen LogP contribution is -1.97. The van der Waals surface area contributed by atoms with E-state index in [1.165, 1.54) is 12.5 Å². The Balaban J connectivity index is 1.83. The fourth-order valence-corrected chi connectivity index (χ4v) is 1.84. The normalized spacial score (nSPS) is 14.4. The minimum atomic E-state index is -0.993.